The molecule has 0 aromatic carbocycles. The van der Waals surface area contributed by atoms with Crippen LogP contribution in [0.15, 0.2) is 0 Å². The summed E-state index contributed by atoms with van der Waals surface area (Å²) in [6.45, 7) is 7.07. The van der Waals surface area contributed by atoms with Gasteiger partial charge < -0.3 is 33.8 Å². The molecule has 0 bridgehead atoms. The highest BCUT2D eigenvalue weighted by atomic mass is 31.2. The van der Waals surface area contributed by atoms with Crippen molar-refractivity contribution in [3.63, 3.8) is 0 Å². The first-order valence-corrected chi connectivity index (χ1v) is 37.2. The Hall–Kier alpha value is -1.94. The van der Waals surface area contributed by atoms with Crippen LogP contribution in [0.1, 0.15) is 330 Å². The molecule has 6 atom stereocenters. The van der Waals surface area contributed by atoms with Crippen LogP contribution in [0.5, 0.6) is 0 Å². The molecule has 3 unspecified atom stereocenters. The van der Waals surface area contributed by atoms with Gasteiger partial charge in [-0.05, 0) is 31.6 Å². The minimum Gasteiger partial charge on any atom is -0.462 e. The van der Waals surface area contributed by atoms with Crippen molar-refractivity contribution in [2.24, 2.45) is 5.92 Å². The summed E-state index contributed by atoms with van der Waals surface area (Å²) in [6, 6.07) is 0. The number of ether oxygens (including phenoxy) is 4. The zero-order chi connectivity index (χ0) is 62.0. The molecule has 0 saturated heterocycles. The van der Waals surface area contributed by atoms with Gasteiger partial charge >= 0.3 is 39.5 Å². The van der Waals surface area contributed by atoms with Gasteiger partial charge in [0.2, 0.25) is 0 Å². The van der Waals surface area contributed by atoms with Crippen LogP contribution < -0.4 is 0 Å². The molecule has 84 heavy (non-hydrogen) atoms. The van der Waals surface area contributed by atoms with Gasteiger partial charge in [0, 0.05) is 25.7 Å². The van der Waals surface area contributed by atoms with Gasteiger partial charge in [-0.3, -0.25) is 37.3 Å². The first-order chi connectivity index (χ1) is 40.6. The second-order valence-corrected chi connectivity index (χ2v) is 26.7. The zero-order valence-corrected chi connectivity index (χ0v) is 55.8. The highest BCUT2D eigenvalue weighted by Crippen LogP contribution is 2.45. The number of unbranched alkanes of at least 4 members (excludes halogenated alkanes) is 36. The van der Waals surface area contributed by atoms with Gasteiger partial charge in [-0.15, -0.1) is 0 Å². The zero-order valence-electron chi connectivity index (χ0n) is 54.0. The number of phosphoric acid groups is 2. The number of carbonyl (C=O) groups excluding carboxylic acids is 4. The standard InChI is InChI=1S/C65H126O17P2/c1-6-10-13-16-18-20-22-23-24-25-26-27-28-29-30-32-34-41-46-51-65(70)82-61(55-76-63(68)49-44-39-36-35-38-42-47-58(5)9-4)57-80-84(73,74)78-53-59(66)52-77-83(71,72)79-56-60(54-75-62(67)48-43-37-15-12-8-3)81-64(69)50-45-40-33-31-21-19-17-14-11-7-2/h58-61,66H,6-57H2,1-5H3,(H,71,72)(H,73,74)/t58?,59-,60+,61+/m0/s1. The molecule has 19 heteroatoms. The van der Waals surface area contributed by atoms with E-state index in [1.807, 2.05) is 0 Å². The Morgan fingerprint density at radius 3 is 0.845 bits per heavy atom. The van der Waals surface area contributed by atoms with Crippen LogP contribution in [0.4, 0.5) is 0 Å². The van der Waals surface area contributed by atoms with Crippen LogP contribution >= 0.6 is 15.6 Å². The summed E-state index contributed by atoms with van der Waals surface area (Å²) in [5.74, 6) is -1.41. The molecule has 0 amide bonds. The lowest BCUT2D eigenvalue weighted by Crippen LogP contribution is -2.30. The number of rotatable bonds is 65. The van der Waals surface area contributed by atoms with Crippen molar-refractivity contribution in [1.82, 2.24) is 0 Å². The molecule has 498 valence electrons. The van der Waals surface area contributed by atoms with Gasteiger partial charge in [0.05, 0.1) is 26.4 Å². The molecule has 0 fully saturated rings. The van der Waals surface area contributed by atoms with Crippen molar-refractivity contribution in [3.8, 4) is 0 Å². The third kappa shape index (κ3) is 57.8. The predicted molar refractivity (Wildman–Crippen MR) is 335 cm³/mol. The maximum atomic E-state index is 13.0. The number of hydrogen-bond acceptors (Lipinski definition) is 15. The highest BCUT2D eigenvalue weighted by Gasteiger charge is 2.30. The monoisotopic (exact) mass is 1240 g/mol. The summed E-state index contributed by atoms with van der Waals surface area (Å²) in [7, 11) is -9.88. The molecule has 0 saturated carbocycles. The topological polar surface area (TPSA) is 237 Å². The molecule has 3 N–H and O–H groups in total. The molecule has 0 heterocycles. The van der Waals surface area contributed by atoms with Crippen molar-refractivity contribution in [2.75, 3.05) is 39.6 Å². The lowest BCUT2D eigenvalue weighted by atomic mass is 10.00. The molecular weight excluding hydrogens is 1110 g/mol. The van der Waals surface area contributed by atoms with E-state index in [9.17, 15) is 43.2 Å². The smallest absolute Gasteiger partial charge is 0.462 e. The molecule has 0 radical (unpaired) electrons. The lowest BCUT2D eigenvalue weighted by Gasteiger charge is -2.21. The average Bonchev–Trinajstić information content (AvgIpc) is 3.50. The molecule has 0 rings (SSSR count). The Morgan fingerprint density at radius 1 is 0.333 bits per heavy atom. The fourth-order valence-corrected chi connectivity index (χ4v) is 11.3. The summed E-state index contributed by atoms with van der Waals surface area (Å²) >= 11 is 0. The second kappa shape index (κ2) is 58.7. The molecular formula is C65H126O17P2. The Kier molecular flexibility index (Phi) is 57.4. The Labute approximate surface area is 511 Å². The quantitative estimate of drug-likeness (QED) is 0.0222. The molecule has 0 aromatic rings. The van der Waals surface area contributed by atoms with Gasteiger partial charge in [0.1, 0.15) is 19.3 Å². The Morgan fingerprint density at radius 2 is 0.571 bits per heavy atom. The fourth-order valence-electron chi connectivity index (χ4n) is 9.73. The SMILES string of the molecule is CCCCCCCCCCCCCCCCCCCCCC(=O)O[C@H](COC(=O)CCCCCCCCC(C)CC)COP(=O)(O)OC[C@@H](O)COP(=O)(O)OC[C@@H](COC(=O)CCCCCCC)OC(=O)CCCCCCCCCCCC. The van der Waals surface area contributed by atoms with E-state index >= 15 is 0 Å². The second-order valence-electron chi connectivity index (χ2n) is 23.7. The van der Waals surface area contributed by atoms with Crippen molar-refractivity contribution in [1.29, 1.82) is 0 Å². The van der Waals surface area contributed by atoms with E-state index in [-0.39, 0.29) is 25.7 Å². The van der Waals surface area contributed by atoms with Crippen LogP contribution in [0.3, 0.4) is 0 Å². The molecule has 0 aliphatic carbocycles. The molecule has 17 nitrogen and oxygen atoms in total. The maximum Gasteiger partial charge on any atom is 0.472 e. The first kappa shape index (κ1) is 82.1. The average molecular weight is 1240 g/mol. The predicted octanol–water partition coefficient (Wildman–Crippen LogP) is 18.2. The van der Waals surface area contributed by atoms with Gasteiger partial charge in [-0.2, -0.15) is 0 Å². The van der Waals surface area contributed by atoms with E-state index in [1.54, 1.807) is 0 Å². The Bertz CT molecular complexity index is 1640. The largest absolute Gasteiger partial charge is 0.472 e. The van der Waals surface area contributed by atoms with Crippen LogP contribution in [0.25, 0.3) is 0 Å². The van der Waals surface area contributed by atoms with Crippen molar-refractivity contribution in [3.05, 3.63) is 0 Å². The van der Waals surface area contributed by atoms with Crippen molar-refractivity contribution >= 4 is 39.5 Å². The number of carbonyl (C=O) groups is 4. The number of hydrogen-bond donors (Lipinski definition) is 3. The van der Waals surface area contributed by atoms with Gasteiger partial charge in [0.25, 0.3) is 0 Å². The maximum absolute atomic E-state index is 13.0. The number of aliphatic hydroxyl groups excluding tert-OH is 1. The van der Waals surface area contributed by atoms with Crippen molar-refractivity contribution in [2.45, 2.75) is 348 Å². The normalized spacial score (nSPS) is 14.5. The molecule has 0 aliphatic heterocycles. The number of aliphatic hydroxyl groups is 1. The molecule has 0 aliphatic rings. The highest BCUT2D eigenvalue weighted by molar-refractivity contribution is 7.47. The van der Waals surface area contributed by atoms with Gasteiger partial charge in [-0.25, -0.2) is 9.13 Å². The summed E-state index contributed by atoms with van der Waals surface area (Å²) in [4.78, 5) is 72.0. The van der Waals surface area contributed by atoms with Crippen LogP contribution in [-0.4, -0.2) is 96.7 Å². The summed E-state index contributed by atoms with van der Waals surface area (Å²) in [6.07, 6.45) is 43.6. The molecule has 0 aromatic heterocycles. The van der Waals surface area contributed by atoms with Gasteiger partial charge in [0.15, 0.2) is 12.2 Å². The van der Waals surface area contributed by atoms with Crippen LogP contribution in [0, 0.1) is 5.92 Å². The third-order valence-corrected chi connectivity index (χ3v) is 17.3. The Balaban J connectivity index is 5.11. The van der Waals surface area contributed by atoms with Gasteiger partial charge in [-0.1, -0.05) is 279 Å². The third-order valence-electron chi connectivity index (χ3n) is 15.4. The van der Waals surface area contributed by atoms with Crippen LogP contribution in [-0.2, 0) is 65.4 Å². The summed E-state index contributed by atoms with van der Waals surface area (Å²) in [5, 5.41) is 10.5. The number of esters is 4. The minimum atomic E-state index is -4.94. The van der Waals surface area contributed by atoms with E-state index in [0.29, 0.717) is 25.7 Å². The number of phosphoric ester groups is 2. The molecule has 0 spiro atoms. The minimum absolute atomic E-state index is 0.105. The lowest BCUT2D eigenvalue weighted by molar-refractivity contribution is -0.161. The van der Waals surface area contributed by atoms with E-state index in [2.05, 4.69) is 34.6 Å². The van der Waals surface area contributed by atoms with E-state index in [0.717, 1.165) is 109 Å². The van der Waals surface area contributed by atoms with Crippen LogP contribution in [0.2, 0.25) is 0 Å². The van der Waals surface area contributed by atoms with Crippen molar-refractivity contribution < 1.29 is 80.2 Å². The fraction of sp³-hybridized carbons (Fsp3) is 0.938. The summed E-state index contributed by atoms with van der Waals surface area (Å²) < 4.78 is 67.8. The van der Waals surface area contributed by atoms with E-state index in [1.165, 1.54) is 141 Å². The van der Waals surface area contributed by atoms with E-state index < -0.39 is 97.5 Å². The first-order valence-electron chi connectivity index (χ1n) is 34.2. The van der Waals surface area contributed by atoms with E-state index in [4.69, 9.17) is 37.0 Å². The summed E-state index contributed by atoms with van der Waals surface area (Å²) in [5.41, 5.74) is 0.